The van der Waals surface area contributed by atoms with Gasteiger partial charge in [-0.25, -0.2) is 0 Å². The molecule has 0 unspecified atom stereocenters. The Balaban J connectivity index is 1.64. The summed E-state index contributed by atoms with van der Waals surface area (Å²) >= 11 is 0. The maximum atomic E-state index is 12.3. The second-order valence-corrected chi connectivity index (χ2v) is 5.00. The van der Waals surface area contributed by atoms with Gasteiger partial charge in [0.15, 0.2) is 0 Å². The normalized spacial score (nSPS) is 11.0. The van der Waals surface area contributed by atoms with Crippen molar-refractivity contribution < 1.29 is 4.79 Å². The third-order valence-corrected chi connectivity index (χ3v) is 3.59. The molecule has 2 aromatic heterocycles. The van der Waals surface area contributed by atoms with E-state index in [0.717, 1.165) is 27.5 Å². The first kappa shape index (κ1) is 11.8. The van der Waals surface area contributed by atoms with Crippen LogP contribution >= 0.6 is 0 Å². The van der Waals surface area contributed by atoms with Gasteiger partial charge in [0.2, 0.25) is 0 Å². The molecule has 1 amide bonds. The number of rotatable bonds is 2. The molecule has 0 aliphatic heterocycles. The van der Waals surface area contributed by atoms with Crippen LogP contribution in [0.1, 0.15) is 10.5 Å². The molecule has 0 aliphatic carbocycles. The number of carbonyl (C=O) groups excluding carboxylic acids is 1. The highest BCUT2D eigenvalue weighted by molar-refractivity contribution is 6.06. The zero-order valence-electron chi connectivity index (χ0n) is 11.2. The summed E-state index contributed by atoms with van der Waals surface area (Å²) in [6.45, 7) is 0. The highest BCUT2D eigenvalue weighted by atomic mass is 16.1. The van der Waals surface area contributed by atoms with Crippen molar-refractivity contribution in [2.75, 3.05) is 5.32 Å². The highest BCUT2D eigenvalue weighted by Crippen LogP contribution is 2.19. The van der Waals surface area contributed by atoms with Gasteiger partial charge in [0, 0.05) is 33.7 Å². The third-order valence-electron chi connectivity index (χ3n) is 3.59. The number of aromatic nitrogens is 2. The molecule has 4 aromatic rings. The van der Waals surface area contributed by atoms with E-state index in [9.17, 15) is 4.79 Å². The Morgan fingerprint density at radius 3 is 2.67 bits per heavy atom. The second kappa shape index (κ2) is 4.52. The summed E-state index contributed by atoms with van der Waals surface area (Å²) in [6.07, 6.45) is 1.88. The zero-order chi connectivity index (χ0) is 14.2. The number of amides is 1. The number of H-pyrrole nitrogens is 2. The fourth-order valence-corrected chi connectivity index (χ4v) is 2.53. The molecule has 0 saturated heterocycles. The van der Waals surface area contributed by atoms with Crippen molar-refractivity contribution in [2.45, 2.75) is 0 Å². The van der Waals surface area contributed by atoms with Crippen molar-refractivity contribution in [1.29, 1.82) is 0 Å². The molecule has 3 N–H and O–H groups in total. The van der Waals surface area contributed by atoms with E-state index < -0.39 is 0 Å². The molecule has 0 saturated carbocycles. The van der Waals surface area contributed by atoms with Crippen molar-refractivity contribution in [1.82, 2.24) is 9.97 Å². The lowest BCUT2D eigenvalue weighted by atomic mass is 10.2. The van der Waals surface area contributed by atoms with Gasteiger partial charge in [-0.2, -0.15) is 0 Å². The summed E-state index contributed by atoms with van der Waals surface area (Å²) in [5.74, 6) is -0.138. The van der Waals surface area contributed by atoms with Gasteiger partial charge in [-0.1, -0.05) is 18.2 Å². The minimum absolute atomic E-state index is 0.138. The average molecular weight is 275 g/mol. The molecule has 2 aromatic carbocycles. The number of benzene rings is 2. The Bertz CT molecular complexity index is 916. The number of fused-ring (bicyclic) bond motifs is 2. The van der Waals surface area contributed by atoms with Crippen LogP contribution in [0.3, 0.4) is 0 Å². The molecule has 0 fully saturated rings. The predicted molar refractivity (Wildman–Crippen MR) is 84.6 cm³/mol. The van der Waals surface area contributed by atoms with E-state index in [2.05, 4.69) is 15.3 Å². The van der Waals surface area contributed by atoms with Gasteiger partial charge < -0.3 is 15.3 Å². The molecular weight excluding hydrogens is 262 g/mol. The van der Waals surface area contributed by atoms with E-state index in [-0.39, 0.29) is 5.91 Å². The van der Waals surface area contributed by atoms with Crippen LogP contribution in [0.4, 0.5) is 5.69 Å². The Morgan fingerprint density at radius 1 is 0.905 bits per heavy atom. The summed E-state index contributed by atoms with van der Waals surface area (Å²) < 4.78 is 0. The van der Waals surface area contributed by atoms with Crippen LogP contribution in [0.5, 0.6) is 0 Å². The quantitative estimate of drug-likeness (QED) is 0.510. The van der Waals surface area contributed by atoms with Crippen molar-refractivity contribution >= 4 is 33.4 Å². The van der Waals surface area contributed by atoms with Crippen LogP contribution in [0.25, 0.3) is 21.8 Å². The lowest BCUT2D eigenvalue weighted by Crippen LogP contribution is -2.11. The van der Waals surface area contributed by atoms with E-state index in [1.807, 2.05) is 60.8 Å². The molecule has 4 rings (SSSR count). The first-order valence-electron chi connectivity index (χ1n) is 6.76. The van der Waals surface area contributed by atoms with Crippen molar-refractivity contribution in [2.24, 2.45) is 0 Å². The standard InChI is InChI=1S/C17H13N3O/c21-17(16-10-11-3-1-2-4-15(11)20-16)19-13-5-6-14-12(9-13)7-8-18-14/h1-10,18,20H,(H,19,21). The molecule has 4 heteroatoms. The lowest BCUT2D eigenvalue weighted by molar-refractivity contribution is 0.102. The van der Waals surface area contributed by atoms with Gasteiger partial charge >= 0.3 is 0 Å². The Morgan fingerprint density at radius 2 is 1.76 bits per heavy atom. The number of nitrogens with one attached hydrogen (secondary N) is 3. The average Bonchev–Trinajstić information content (AvgIpc) is 3.13. The smallest absolute Gasteiger partial charge is 0.272 e. The van der Waals surface area contributed by atoms with Crippen LogP contribution in [-0.4, -0.2) is 15.9 Å². The third kappa shape index (κ3) is 2.07. The van der Waals surface area contributed by atoms with Gasteiger partial charge in [0.1, 0.15) is 5.69 Å². The molecule has 0 aliphatic rings. The summed E-state index contributed by atoms with van der Waals surface area (Å²) in [4.78, 5) is 18.6. The van der Waals surface area contributed by atoms with Crippen LogP contribution < -0.4 is 5.32 Å². The maximum Gasteiger partial charge on any atom is 0.272 e. The second-order valence-electron chi connectivity index (χ2n) is 5.00. The Labute approximate surface area is 120 Å². The van der Waals surface area contributed by atoms with Gasteiger partial charge in [0.25, 0.3) is 5.91 Å². The largest absolute Gasteiger partial charge is 0.361 e. The first-order chi connectivity index (χ1) is 10.3. The number of anilines is 1. The minimum Gasteiger partial charge on any atom is -0.361 e. The summed E-state index contributed by atoms with van der Waals surface area (Å²) in [6, 6.07) is 17.5. The van der Waals surface area contributed by atoms with Crippen molar-refractivity contribution in [3.63, 3.8) is 0 Å². The van der Waals surface area contributed by atoms with Crippen LogP contribution in [-0.2, 0) is 0 Å². The van der Waals surface area contributed by atoms with Crippen LogP contribution in [0, 0.1) is 0 Å². The van der Waals surface area contributed by atoms with E-state index in [4.69, 9.17) is 0 Å². The molecule has 0 radical (unpaired) electrons. The van der Waals surface area contributed by atoms with E-state index in [1.165, 1.54) is 0 Å². The van der Waals surface area contributed by atoms with Crippen molar-refractivity contribution in [3.05, 3.63) is 66.5 Å². The topological polar surface area (TPSA) is 60.7 Å². The van der Waals surface area contributed by atoms with Gasteiger partial charge in [0.05, 0.1) is 0 Å². The van der Waals surface area contributed by atoms with Gasteiger partial charge in [-0.05, 0) is 36.4 Å². The summed E-state index contributed by atoms with van der Waals surface area (Å²) in [7, 11) is 0. The predicted octanol–water partition coefficient (Wildman–Crippen LogP) is 3.90. The molecule has 21 heavy (non-hydrogen) atoms. The fourth-order valence-electron chi connectivity index (χ4n) is 2.53. The molecule has 0 atom stereocenters. The number of hydrogen-bond acceptors (Lipinski definition) is 1. The molecule has 4 nitrogen and oxygen atoms in total. The molecule has 2 heterocycles. The molecule has 102 valence electrons. The van der Waals surface area contributed by atoms with E-state index >= 15 is 0 Å². The van der Waals surface area contributed by atoms with Crippen LogP contribution in [0.2, 0.25) is 0 Å². The molecule has 0 bridgehead atoms. The number of aromatic amines is 2. The number of hydrogen-bond donors (Lipinski definition) is 3. The SMILES string of the molecule is O=C(Nc1ccc2[nH]ccc2c1)c1cc2ccccc2[nH]1. The van der Waals surface area contributed by atoms with Crippen LogP contribution in [0.15, 0.2) is 60.8 Å². The summed E-state index contributed by atoms with van der Waals surface area (Å²) in [5, 5.41) is 5.02. The Hall–Kier alpha value is -3.01. The monoisotopic (exact) mass is 275 g/mol. The summed E-state index contributed by atoms with van der Waals surface area (Å²) in [5.41, 5.74) is 3.36. The van der Waals surface area contributed by atoms with Crippen molar-refractivity contribution in [3.8, 4) is 0 Å². The van der Waals surface area contributed by atoms with Gasteiger partial charge in [-0.3, -0.25) is 4.79 Å². The number of para-hydroxylation sites is 1. The molecular formula is C17H13N3O. The lowest BCUT2D eigenvalue weighted by Gasteiger charge is -2.03. The number of carbonyl (C=O) groups is 1. The zero-order valence-corrected chi connectivity index (χ0v) is 11.2. The Kier molecular flexibility index (Phi) is 2.54. The fraction of sp³-hybridized carbons (Fsp3) is 0. The molecule has 0 spiro atoms. The maximum absolute atomic E-state index is 12.3. The van der Waals surface area contributed by atoms with E-state index in [0.29, 0.717) is 5.69 Å². The first-order valence-corrected chi connectivity index (χ1v) is 6.76. The van der Waals surface area contributed by atoms with E-state index in [1.54, 1.807) is 0 Å². The van der Waals surface area contributed by atoms with Gasteiger partial charge in [-0.15, -0.1) is 0 Å². The highest BCUT2D eigenvalue weighted by Gasteiger charge is 2.09. The minimum atomic E-state index is -0.138.